The van der Waals surface area contributed by atoms with Crippen molar-refractivity contribution in [1.29, 1.82) is 0 Å². The zero-order valence-electron chi connectivity index (χ0n) is 8.45. The van der Waals surface area contributed by atoms with Crippen molar-refractivity contribution in [1.82, 2.24) is 0 Å². The molecule has 0 spiro atoms. The summed E-state index contributed by atoms with van der Waals surface area (Å²) in [4.78, 5) is 1.54. The van der Waals surface area contributed by atoms with E-state index in [1.165, 1.54) is 4.90 Å². The van der Waals surface area contributed by atoms with Crippen molar-refractivity contribution in [3.8, 4) is 0 Å². The number of likely N-dealkylation sites (tertiary alicyclic amines) is 1. The fourth-order valence-electron chi connectivity index (χ4n) is 1.98. The summed E-state index contributed by atoms with van der Waals surface area (Å²) in [5, 5.41) is 12.1. The Kier molecular flexibility index (Phi) is 3.48. The monoisotopic (exact) mass is 183 g/mol. The maximum atomic E-state index is 8.75. The molecule has 0 aliphatic carbocycles. The van der Waals surface area contributed by atoms with Crippen LogP contribution in [0, 0.1) is 5.92 Å². The minimum absolute atomic E-state index is 0.399. The van der Waals surface area contributed by atoms with Gasteiger partial charge in [0.1, 0.15) is 0 Å². The van der Waals surface area contributed by atoms with Crippen molar-refractivity contribution < 1.29 is 10.1 Å². The second-order valence-electron chi connectivity index (χ2n) is 3.95. The Morgan fingerprint density at radius 2 is 2.38 bits per heavy atom. The standard InChI is InChI=1S/C10H18N2O/c1-4-5-12-7-8(2)10(11-13)6-9(12)3/h4,8-9,13H,1,5-7H2,2-3H3/p+1/b11-10+/t8-,9+/m1/s1. The highest BCUT2D eigenvalue weighted by molar-refractivity contribution is 5.86. The van der Waals surface area contributed by atoms with Crippen LogP contribution in [0.25, 0.3) is 0 Å². The van der Waals surface area contributed by atoms with Gasteiger partial charge in [-0.2, -0.15) is 0 Å². The van der Waals surface area contributed by atoms with E-state index in [1.54, 1.807) is 0 Å². The van der Waals surface area contributed by atoms with Crippen molar-refractivity contribution in [3.05, 3.63) is 12.7 Å². The van der Waals surface area contributed by atoms with Gasteiger partial charge in [-0.1, -0.05) is 18.7 Å². The molecule has 0 amide bonds. The highest BCUT2D eigenvalue weighted by atomic mass is 16.4. The summed E-state index contributed by atoms with van der Waals surface area (Å²) >= 11 is 0. The summed E-state index contributed by atoms with van der Waals surface area (Å²) in [6, 6.07) is 0.542. The van der Waals surface area contributed by atoms with E-state index >= 15 is 0 Å². The maximum absolute atomic E-state index is 8.75. The zero-order valence-corrected chi connectivity index (χ0v) is 8.45. The maximum Gasteiger partial charge on any atom is 0.0957 e. The van der Waals surface area contributed by atoms with Crippen LogP contribution in [-0.2, 0) is 0 Å². The third kappa shape index (κ3) is 2.31. The van der Waals surface area contributed by atoms with Crippen LogP contribution < -0.4 is 4.90 Å². The summed E-state index contributed by atoms with van der Waals surface area (Å²) in [5.74, 6) is 0.399. The summed E-state index contributed by atoms with van der Waals surface area (Å²) in [6.07, 6.45) is 2.86. The van der Waals surface area contributed by atoms with E-state index in [0.29, 0.717) is 12.0 Å². The molecule has 1 fully saturated rings. The van der Waals surface area contributed by atoms with Crippen molar-refractivity contribution >= 4 is 5.71 Å². The molecule has 0 radical (unpaired) electrons. The van der Waals surface area contributed by atoms with E-state index in [1.807, 2.05) is 6.08 Å². The predicted molar refractivity (Wildman–Crippen MR) is 53.4 cm³/mol. The van der Waals surface area contributed by atoms with E-state index < -0.39 is 0 Å². The van der Waals surface area contributed by atoms with Crippen LogP contribution in [0.5, 0.6) is 0 Å². The molecular weight excluding hydrogens is 164 g/mol. The van der Waals surface area contributed by atoms with Crippen molar-refractivity contribution in [2.24, 2.45) is 11.1 Å². The molecule has 3 nitrogen and oxygen atoms in total. The average molecular weight is 183 g/mol. The van der Waals surface area contributed by atoms with Gasteiger partial charge in [0.25, 0.3) is 0 Å². The van der Waals surface area contributed by atoms with Crippen LogP contribution >= 0.6 is 0 Å². The van der Waals surface area contributed by atoms with Crippen LogP contribution in [0.15, 0.2) is 17.8 Å². The minimum atomic E-state index is 0.399. The van der Waals surface area contributed by atoms with Crippen molar-refractivity contribution in [3.63, 3.8) is 0 Å². The van der Waals surface area contributed by atoms with Gasteiger partial charge in [0, 0.05) is 12.3 Å². The molecule has 0 saturated carbocycles. The van der Waals surface area contributed by atoms with Gasteiger partial charge in [-0.15, -0.1) is 0 Å². The molecular formula is C10H19N2O+. The summed E-state index contributed by atoms with van der Waals surface area (Å²) in [6.45, 7) is 10.1. The van der Waals surface area contributed by atoms with Gasteiger partial charge < -0.3 is 10.1 Å². The van der Waals surface area contributed by atoms with E-state index in [2.05, 4.69) is 25.6 Å². The average Bonchev–Trinajstić information content (AvgIpc) is 2.11. The molecule has 0 aromatic rings. The molecule has 0 bridgehead atoms. The Hall–Kier alpha value is -0.830. The Morgan fingerprint density at radius 3 is 2.92 bits per heavy atom. The fourth-order valence-corrected chi connectivity index (χ4v) is 1.98. The van der Waals surface area contributed by atoms with E-state index in [4.69, 9.17) is 5.21 Å². The largest absolute Gasteiger partial charge is 0.411 e. The van der Waals surface area contributed by atoms with Gasteiger partial charge in [-0.3, -0.25) is 0 Å². The smallest absolute Gasteiger partial charge is 0.0957 e. The second-order valence-corrected chi connectivity index (χ2v) is 3.95. The third-order valence-electron chi connectivity index (χ3n) is 2.88. The quantitative estimate of drug-likeness (QED) is 0.361. The van der Waals surface area contributed by atoms with Gasteiger partial charge in [0.05, 0.1) is 24.8 Å². The summed E-state index contributed by atoms with van der Waals surface area (Å²) in [7, 11) is 0. The third-order valence-corrected chi connectivity index (χ3v) is 2.88. The lowest BCUT2D eigenvalue weighted by atomic mass is 9.93. The first kappa shape index (κ1) is 10.3. The lowest BCUT2D eigenvalue weighted by Crippen LogP contribution is -3.17. The summed E-state index contributed by atoms with van der Waals surface area (Å²) < 4.78 is 0. The van der Waals surface area contributed by atoms with E-state index in [9.17, 15) is 0 Å². The molecule has 1 rings (SSSR count). The van der Waals surface area contributed by atoms with Gasteiger partial charge >= 0.3 is 0 Å². The number of quaternary nitrogens is 1. The Balaban J connectivity index is 2.61. The van der Waals surface area contributed by atoms with Gasteiger partial charge in [0.2, 0.25) is 0 Å². The highest BCUT2D eigenvalue weighted by Gasteiger charge is 2.30. The molecule has 1 saturated heterocycles. The number of hydrogen-bond donors (Lipinski definition) is 2. The Labute approximate surface area is 79.7 Å². The van der Waals surface area contributed by atoms with Gasteiger partial charge in [0.15, 0.2) is 0 Å². The molecule has 3 heteroatoms. The Morgan fingerprint density at radius 1 is 1.69 bits per heavy atom. The summed E-state index contributed by atoms with van der Waals surface area (Å²) in [5.41, 5.74) is 0.945. The van der Waals surface area contributed by atoms with E-state index in [0.717, 1.165) is 25.2 Å². The van der Waals surface area contributed by atoms with Crippen LogP contribution in [0.3, 0.4) is 0 Å². The Bertz CT molecular complexity index is 213. The van der Waals surface area contributed by atoms with Gasteiger partial charge in [-0.25, -0.2) is 0 Å². The lowest BCUT2D eigenvalue weighted by molar-refractivity contribution is -0.921. The molecule has 1 heterocycles. The number of piperidine rings is 1. The number of rotatable bonds is 2. The first-order valence-electron chi connectivity index (χ1n) is 4.85. The fraction of sp³-hybridized carbons (Fsp3) is 0.700. The van der Waals surface area contributed by atoms with Crippen LogP contribution in [-0.4, -0.2) is 30.1 Å². The van der Waals surface area contributed by atoms with Crippen LogP contribution in [0.1, 0.15) is 20.3 Å². The first-order chi connectivity index (χ1) is 6.19. The van der Waals surface area contributed by atoms with Crippen molar-refractivity contribution in [2.75, 3.05) is 13.1 Å². The van der Waals surface area contributed by atoms with Crippen molar-refractivity contribution in [2.45, 2.75) is 26.3 Å². The lowest BCUT2D eigenvalue weighted by Gasteiger charge is -2.33. The molecule has 74 valence electrons. The molecule has 0 aromatic carbocycles. The number of nitrogens with zero attached hydrogens (tertiary/aromatic N) is 1. The zero-order chi connectivity index (χ0) is 9.84. The SMILES string of the molecule is C=CC[NH+]1C[C@@H](C)/C(=N/O)C[C@@H]1C. The molecule has 3 atom stereocenters. The van der Waals surface area contributed by atoms with E-state index in [-0.39, 0.29) is 0 Å². The van der Waals surface area contributed by atoms with Crippen LogP contribution in [0.4, 0.5) is 0 Å². The predicted octanol–water partition coefficient (Wildman–Crippen LogP) is 0.316. The number of nitrogens with one attached hydrogen (secondary N) is 1. The molecule has 13 heavy (non-hydrogen) atoms. The molecule has 2 N–H and O–H groups in total. The van der Waals surface area contributed by atoms with Crippen LogP contribution in [0.2, 0.25) is 0 Å². The normalized spacial score (nSPS) is 37.7. The molecule has 1 aliphatic heterocycles. The number of hydrogen-bond acceptors (Lipinski definition) is 2. The second kappa shape index (κ2) is 4.42. The highest BCUT2D eigenvalue weighted by Crippen LogP contribution is 2.07. The topological polar surface area (TPSA) is 37.0 Å². The minimum Gasteiger partial charge on any atom is -0.411 e. The first-order valence-corrected chi connectivity index (χ1v) is 4.85. The van der Waals surface area contributed by atoms with Gasteiger partial charge in [-0.05, 0) is 13.0 Å². The molecule has 1 aliphatic rings. The number of oxime groups is 1. The molecule has 0 aromatic heterocycles. The molecule has 1 unspecified atom stereocenters.